The van der Waals surface area contributed by atoms with Gasteiger partial charge in [0.05, 0.1) is 0 Å². The molecule has 0 N–H and O–H groups in total. The van der Waals surface area contributed by atoms with Gasteiger partial charge in [0.1, 0.15) is 0 Å². The molecule has 0 radical (unpaired) electrons. The van der Waals surface area contributed by atoms with Crippen LogP contribution in [-0.4, -0.2) is 25.5 Å². The molecule has 104 valence electrons. The molecule has 1 heterocycles. The first-order chi connectivity index (χ1) is 9.75. The minimum atomic E-state index is 0.559. The van der Waals surface area contributed by atoms with E-state index < -0.39 is 0 Å². The van der Waals surface area contributed by atoms with Crippen molar-refractivity contribution in [3.63, 3.8) is 0 Å². The van der Waals surface area contributed by atoms with E-state index in [9.17, 15) is 0 Å². The summed E-state index contributed by atoms with van der Waals surface area (Å²) in [7, 11) is 4.30. The molecule has 1 nitrogen and oxygen atoms in total. The number of benzene rings is 2. The molecule has 0 saturated heterocycles. The Labute approximate surface area is 126 Å². The van der Waals surface area contributed by atoms with Crippen LogP contribution in [-0.2, 0) is 0 Å². The first-order valence-electron chi connectivity index (χ1n) is 7.26. The Hall–Kier alpha value is -1.25. The molecule has 0 atom stereocenters. The van der Waals surface area contributed by atoms with Crippen molar-refractivity contribution in [3.05, 3.63) is 59.7 Å². The van der Waals surface area contributed by atoms with Gasteiger partial charge in [-0.2, -0.15) is 0 Å². The fraction of sp³-hybridized carbons (Fsp3) is 0.333. The molecule has 0 saturated carbocycles. The van der Waals surface area contributed by atoms with E-state index in [-0.39, 0.29) is 0 Å². The summed E-state index contributed by atoms with van der Waals surface area (Å²) in [4.78, 5) is 5.14. The smallest absolute Gasteiger partial charge is 0.0160 e. The first kappa shape index (κ1) is 13.7. The van der Waals surface area contributed by atoms with Crippen LogP contribution in [0.5, 0.6) is 0 Å². The highest BCUT2D eigenvalue weighted by Crippen LogP contribution is 2.47. The summed E-state index contributed by atoms with van der Waals surface area (Å²) in [6, 6.07) is 17.8. The van der Waals surface area contributed by atoms with E-state index in [0.29, 0.717) is 5.92 Å². The maximum Gasteiger partial charge on any atom is 0.0160 e. The second-order valence-corrected chi connectivity index (χ2v) is 6.76. The molecule has 0 aliphatic carbocycles. The van der Waals surface area contributed by atoms with E-state index in [1.165, 1.54) is 33.8 Å². The summed E-state index contributed by atoms with van der Waals surface area (Å²) in [5.41, 5.74) is 3.02. The molecule has 0 unspecified atom stereocenters. The van der Waals surface area contributed by atoms with Gasteiger partial charge in [-0.05, 0) is 56.7 Å². The summed E-state index contributed by atoms with van der Waals surface area (Å²) >= 11 is 1.92. The van der Waals surface area contributed by atoms with Gasteiger partial charge in [-0.3, -0.25) is 0 Å². The van der Waals surface area contributed by atoms with Crippen LogP contribution in [0.25, 0.3) is 0 Å². The highest BCUT2D eigenvalue weighted by Gasteiger charge is 2.25. The van der Waals surface area contributed by atoms with Crippen LogP contribution in [0.15, 0.2) is 58.3 Å². The fourth-order valence-electron chi connectivity index (χ4n) is 2.93. The Bertz CT molecular complexity index is 546. The molecule has 1 aliphatic rings. The van der Waals surface area contributed by atoms with Gasteiger partial charge in [0, 0.05) is 15.7 Å². The lowest BCUT2D eigenvalue weighted by atomic mass is 9.87. The third-order valence-corrected chi connectivity index (χ3v) is 5.09. The van der Waals surface area contributed by atoms with Crippen LogP contribution in [0.4, 0.5) is 0 Å². The summed E-state index contributed by atoms with van der Waals surface area (Å²) < 4.78 is 0. The third-order valence-electron chi connectivity index (χ3n) is 3.91. The highest BCUT2D eigenvalue weighted by molar-refractivity contribution is 7.99. The number of rotatable bonds is 4. The molecular formula is C18H21NS. The first-order valence-corrected chi connectivity index (χ1v) is 8.08. The lowest BCUT2D eigenvalue weighted by Gasteiger charge is -2.28. The SMILES string of the molecule is CN(C)CCCC1c2ccccc2Sc2ccccc21. The normalized spacial score (nSPS) is 14.2. The van der Waals surface area contributed by atoms with Crippen molar-refractivity contribution in [3.8, 4) is 0 Å². The van der Waals surface area contributed by atoms with Gasteiger partial charge >= 0.3 is 0 Å². The van der Waals surface area contributed by atoms with Crippen LogP contribution in [0.1, 0.15) is 29.9 Å². The molecule has 2 heteroatoms. The molecule has 3 rings (SSSR count). The molecule has 20 heavy (non-hydrogen) atoms. The van der Waals surface area contributed by atoms with E-state index >= 15 is 0 Å². The van der Waals surface area contributed by atoms with Crippen molar-refractivity contribution in [2.24, 2.45) is 0 Å². The summed E-state index contributed by atoms with van der Waals surface area (Å²) in [6.45, 7) is 1.16. The largest absolute Gasteiger partial charge is 0.309 e. The van der Waals surface area contributed by atoms with Gasteiger partial charge in [-0.25, -0.2) is 0 Å². The molecule has 0 aromatic heterocycles. The summed E-state index contributed by atoms with van der Waals surface area (Å²) in [5, 5.41) is 0. The molecule has 1 aliphatic heterocycles. The van der Waals surface area contributed by atoms with Crippen LogP contribution < -0.4 is 0 Å². The number of hydrogen-bond acceptors (Lipinski definition) is 2. The molecule has 0 bridgehead atoms. The van der Waals surface area contributed by atoms with E-state index in [2.05, 4.69) is 67.5 Å². The number of nitrogens with zero attached hydrogens (tertiary/aromatic N) is 1. The Kier molecular flexibility index (Phi) is 4.13. The minimum absolute atomic E-state index is 0.559. The van der Waals surface area contributed by atoms with Gasteiger partial charge in [0.2, 0.25) is 0 Å². The third kappa shape index (κ3) is 2.77. The topological polar surface area (TPSA) is 3.24 Å². The van der Waals surface area contributed by atoms with Crippen LogP contribution in [0.3, 0.4) is 0 Å². The van der Waals surface area contributed by atoms with Crippen molar-refractivity contribution < 1.29 is 0 Å². The zero-order valence-corrected chi connectivity index (χ0v) is 13.0. The van der Waals surface area contributed by atoms with Gasteiger partial charge < -0.3 is 4.90 Å². The van der Waals surface area contributed by atoms with Crippen molar-refractivity contribution >= 4 is 11.8 Å². The maximum absolute atomic E-state index is 2.30. The van der Waals surface area contributed by atoms with E-state index in [0.717, 1.165) is 6.54 Å². The van der Waals surface area contributed by atoms with Crippen molar-refractivity contribution in [1.29, 1.82) is 0 Å². The van der Waals surface area contributed by atoms with Gasteiger partial charge in [-0.15, -0.1) is 0 Å². The zero-order chi connectivity index (χ0) is 13.9. The van der Waals surface area contributed by atoms with Crippen LogP contribution in [0, 0.1) is 0 Å². The second-order valence-electron chi connectivity index (χ2n) is 5.68. The van der Waals surface area contributed by atoms with E-state index in [1.54, 1.807) is 0 Å². The van der Waals surface area contributed by atoms with Crippen molar-refractivity contribution in [1.82, 2.24) is 4.90 Å². The van der Waals surface area contributed by atoms with Gasteiger partial charge in [-0.1, -0.05) is 48.2 Å². The van der Waals surface area contributed by atoms with Gasteiger partial charge in [0.25, 0.3) is 0 Å². The van der Waals surface area contributed by atoms with E-state index in [1.807, 2.05) is 11.8 Å². The lowest BCUT2D eigenvalue weighted by molar-refractivity contribution is 0.389. The Morgan fingerprint density at radius 2 is 1.45 bits per heavy atom. The fourth-order valence-corrected chi connectivity index (χ4v) is 4.12. The highest BCUT2D eigenvalue weighted by atomic mass is 32.2. The monoisotopic (exact) mass is 283 g/mol. The van der Waals surface area contributed by atoms with Crippen molar-refractivity contribution in [2.75, 3.05) is 20.6 Å². The molecule has 2 aromatic carbocycles. The van der Waals surface area contributed by atoms with Gasteiger partial charge in [0.15, 0.2) is 0 Å². The minimum Gasteiger partial charge on any atom is -0.309 e. The molecule has 0 amide bonds. The van der Waals surface area contributed by atoms with E-state index in [4.69, 9.17) is 0 Å². The lowest BCUT2D eigenvalue weighted by Crippen LogP contribution is -2.15. The Balaban J connectivity index is 1.91. The van der Waals surface area contributed by atoms with Crippen LogP contribution >= 0.6 is 11.8 Å². The average molecular weight is 283 g/mol. The van der Waals surface area contributed by atoms with Crippen LogP contribution in [0.2, 0.25) is 0 Å². The average Bonchev–Trinajstić information content (AvgIpc) is 2.46. The molecule has 0 spiro atoms. The predicted molar refractivity (Wildman–Crippen MR) is 86.6 cm³/mol. The molecular weight excluding hydrogens is 262 g/mol. The number of fused-ring (bicyclic) bond motifs is 2. The summed E-state index contributed by atoms with van der Waals surface area (Å²) in [5.74, 6) is 0.559. The zero-order valence-electron chi connectivity index (χ0n) is 12.2. The Morgan fingerprint density at radius 3 is 2.00 bits per heavy atom. The second kappa shape index (κ2) is 6.02. The summed E-state index contributed by atoms with van der Waals surface area (Å²) in [6.07, 6.45) is 2.47. The maximum atomic E-state index is 2.30. The molecule has 2 aromatic rings. The standard InChI is InChI=1S/C18H21NS/c1-19(2)13-7-10-14-15-8-3-5-11-17(15)20-18-12-6-4-9-16(14)18/h3-6,8-9,11-12,14H,7,10,13H2,1-2H3. The Morgan fingerprint density at radius 1 is 0.900 bits per heavy atom. The number of hydrogen-bond donors (Lipinski definition) is 0. The van der Waals surface area contributed by atoms with Crippen molar-refractivity contribution in [2.45, 2.75) is 28.6 Å². The predicted octanol–water partition coefficient (Wildman–Crippen LogP) is 4.62. The molecule has 0 fully saturated rings. The quantitative estimate of drug-likeness (QED) is 0.805.